The summed E-state index contributed by atoms with van der Waals surface area (Å²) in [5.74, 6) is 10.3. The summed E-state index contributed by atoms with van der Waals surface area (Å²) >= 11 is 1.74. The smallest absolute Gasteiger partial charge is 1.00 e. The molecule has 0 saturated heterocycles. The Morgan fingerprint density at radius 3 is 1.11 bits per heavy atom. The van der Waals surface area contributed by atoms with Crippen LogP contribution in [-0.4, -0.2) is 5.43 Å². The molecule has 0 radical (unpaired) electrons. The van der Waals surface area contributed by atoms with Crippen molar-refractivity contribution in [2.24, 2.45) is 59.2 Å². The molecule has 0 N–H and O–H groups in total. The van der Waals surface area contributed by atoms with E-state index in [1.165, 1.54) is 119 Å². The molecule has 8 bridgehead atoms. The number of hydrogen-bond donors (Lipinski definition) is 0. The maximum absolute atomic E-state index is 2.52. The van der Waals surface area contributed by atoms with E-state index in [1.807, 2.05) is 0 Å². The third kappa shape index (κ3) is 9.81. The molecule has 8 aliphatic rings. The zero-order valence-electron chi connectivity index (χ0n) is 37.8. The molecule has 0 aromatic heterocycles. The number of fused-ring (bicyclic) bond motifs is 2. The number of hydrogen-bond acceptors (Lipinski definition) is 0. The number of halogens is 2. The van der Waals surface area contributed by atoms with Crippen molar-refractivity contribution >= 4 is 27.0 Å². The Morgan fingerprint density at radius 2 is 0.806 bits per heavy atom. The molecule has 6 aromatic rings. The SMILES string of the molecule is CCc1ccc(-c2cccc3[cH-]c(CC4C5CC6CC(C5)CC4C6)cc23)cc1.CCc1ccc(-c2cccc3[cH-]c(CC4C5CC6CC(C5)CC4C6)cc23)cc1.C[Si](C)=[Zr+2].[Cl-].[Cl-]. The Kier molecular flexibility index (Phi) is 15.0. The Morgan fingerprint density at radius 1 is 0.484 bits per heavy atom. The van der Waals surface area contributed by atoms with E-state index in [1.54, 1.807) is 47.3 Å². The molecule has 0 heterocycles. The first-order valence-electron chi connectivity index (χ1n) is 24.3. The second-order valence-corrected chi connectivity index (χ2v) is 30.4. The zero-order valence-corrected chi connectivity index (χ0v) is 42.8. The average molecular weight is 955 g/mol. The van der Waals surface area contributed by atoms with E-state index in [0.717, 1.165) is 72.0 Å². The summed E-state index contributed by atoms with van der Waals surface area (Å²) in [7, 11) is 0. The molecule has 0 unspecified atom stereocenters. The van der Waals surface area contributed by atoms with Gasteiger partial charge in [-0.2, -0.15) is 12.1 Å². The van der Waals surface area contributed by atoms with Crippen LogP contribution in [0.4, 0.5) is 0 Å². The van der Waals surface area contributed by atoms with Gasteiger partial charge >= 0.3 is 41.9 Å². The van der Waals surface area contributed by atoms with Crippen LogP contribution in [-0.2, 0) is 49.0 Å². The Bertz CT molecular complexity index is 2210. The molecule has 8 aliphatic carbocycles. The molecule has 0 aliphatic heterocycles. The molecule has 6 aromatic carbocycles. The van der Waals surface area contributed by atoms with Gasteiger partial charge in [-0.25, -0.2) is 0 Å². The van der Waals surface area contributed by atoms with E-state index in [9.17, 15) is 0 Å². The van der Waals surface area contributed by atoms with Crippen molar-refractivity contribution in [2.75, 3.05) is 0 Å². The quantitative estimate of drug-likeness (QED) is 0.105. The van der Waals surface area contributed by atoms with Crippen LogP contribution in [0.2, 0.25) is 13.1 Å². The first-order chi connectivity index (χ1) is 29.3. The maximum atomic E-state index is 2.52. The van der Waals surface area contributed by atoms with Crippen molar-refractivity contribution in [2.45, 2.75) is 117 Å². The van der Waals surface area contributed by atoms with E-state index in [0.29, 0.717) is 0 Å². The van der Waals surface area contributed by atoms with Crippen molar-refractivity contribution in [3.8, 4) is 22.3 Å². The second-order valence-electron chi connectivity index (χ2n) is 21.0. The molecule has 14 rings (SSSR count). The van der Waals surface area contributed by atoms with E-state index < -0.39 is 0 Å². The molecule has 0 nitrogen and oxygen atoms in total. The van der Waals surface area contributed by atoms with Crippen LogP contribution in [0, 0.1) is 59.2 Å². The van der Waals surface area contributed by atoms with Gasteiger partial charge in [0.1, 0.15) is 0 Å². The largest absolute Gasteiger partial charge is 1.00 e. The second kappa shape index (κ2) is 20.1. The molecule has 4 heteroatoms. The third-order valence-electron chi connectivity index (χ3n) is 16.8. The third-order valence-corrected chi connectivity index (χ3v) is 16.8. The molecular weight excluding hydrogens is 887 g/mol. The molecular formula is C58H68Cl2SiZr-2. The molecule has 8 saturated carbocycles. The van der Waals surface area contributed by atoms with E-state index in [-0.39, 0.29) is 30.2 Å². The van der Waals surface area contributed by atoms with E-state index >= 15 is 0 Å². The fourth-order valence-corrected chi connectivity index (χ4v) is 14.5. The van der Waals surface area contributed by atoms with Gasteiger partial charge in [-0.05, 0) is 171 Å². The van der Waals surface area contributed by atoms with Crippen molar-refractivity contribution in [1.82, 2.24) is 0 Å². The van der Waals surface area contributed by atoms with Gasteiger partial charge < -0.3 is 24.8 Å². The van der Waals surface area contributed by atoms with Crippen LogP contribution in [0.1, 0.15) is 100 Å². The van der Waals surface area contributed by atoms with Crippen molar-refractivity contribution in [3.05, 3.63) is 131 Å². The summed E-state index contributed by atoms with van der Waals surface area (Å²) in [4.78, 5) is 0. The summed E-state index contributed by atoms with van der Waals surface area (Å²) in [6, 6.07) is 42.0. The first-order valence-corrected chi connectivity index (χ1v) is 30.5. The fraction of sp³-hybridized carbons (Fsp3) is 0.483. The summed E-state index contributed by atoms with van der Waals surface area (Å²) in [5, 5.41) is 5.75. The molecule has 324 valence electrons. The van der Waals surface area contributed by atoms with Gasteiger partial charge in [-0.15, -0.1) is 69.1 Å². The zero-order chi connectivity index (χ0) is 40.9. The van der Waals surface area contributed by atoms with Gasteiger partial charge in [-0.1, -0.05) is 85.6 Å². The molecule has 8 fully saturated rings. The van der Waals surface area contributed by atoms with Gasteiger partial charge in [-0.3, -0.25) is 0 Å². The van der Waals surface area contributed by atoms with Crippen molar-refractivity contribution in [3.63, 3.8) is 0 Å². The molecule has 0 atom stereocenters. The monoisotopic (exact) mass is 952 g/mol. The minimum atomic E-state index is 0. The first kappa shape index (κ1) is 46.3. The van der Waals surface area contributed by atoms with E-state index in [4.69, 9.17) is 0 Å². The van der Waals surface area contributed by atoms with Crippen LogP contribution in [0.25, 0.3) is 43.8 Å². The van der Waals surface area contributed by atoms with Gasteiger partial charge in [0.15, 0.2) is 0 Å². The standard InChI is InChI=1S/2C28H31.C2H6Si.2ClH.Zr/c2*1-2-18-6-8-22(9-7-18)26-5-3-4-23-11-21(17-28(23)26)16-27-24-12-19-10-20(14-24)15-25(27)13-19;1-3-2;;;/h2*3-9,11,17,19-20,24-25,27H,2,10,12-16H2,1H3;1-2H3;2*1H;/q2*-1;;;;+2/p-2. The van der Waals surface area contributed by atoms with Crippen LogP contribution in [0.3, 0.4) is 0 Å². The van der Waals surface area contributed by atoms with E-state index in [2.05, 4.69) is 136 Å². The molecule has 62 heavy (non-hydrogen) atoms. The summed E-state index contributed by atoms with van der Waals surface area (Å²) < 4.78 is 0. The topological polar surface area (TPSA) is 0 Å². The number of rotatable bonds is 8. The predicted octanol–water partition coefficient (Wildman–Crippen LogP) is 9.60. The summed E-state index contributed by atoms with van der Waals surface area (Å²) in [5.41, 5.74) is 11.7. The number of aryl methyl sites for hydroxylation is 2. The fourth-order valence-electron chi connectivity index (χ4n) is 14.5. The summed E-state index contributed by atoms with van der Waals surface area (Å²) in [6.45, 7) is 9.07. The molecule has 0 spiro atoms. The maximum Gasteiger partial charge on any atom is -1.00 e. The Hall–Kier alpha value is -2.22. The van der Waals surface area contributed by atoms with Crippen molar-refractivity contribution < 1.29 is 48.1 Å². The number of benzene rings is 4. The Labute approximate surface area is 401 Å². The van der Waals surface area contributed by atoms with Crippen LogP contribution >= 0.6 is 0 Å². The van der Waals surface area contributed by atoms with Crippen LogP contribution in [0.5, 0.6) is 0 Å². The predicted molar refractivity (Wildman–Crippen MR) is 255 cm³/mol. The van der Waals surface area contributed by atoms with Gasteiger partial charge in [0.25, 0.3) is 0 Å². The summed E-state index contributed by atoms with van der Waals surface area (Å²) in [6.07, 6.45) is 20.2. The minimum Gasteiger partial charge on any atom is -1.00 e. The van der Waals surface area contributed by atoms with Crippen LogP contribution in [0.15, 0.2) is 109 Å². The van der Waals surface area contributed by atoms with Gasteiger partial charge in [0.05, 0.1) is 0 Å². The van der Waals surface area contributed by atoms with Gasteiger partial charge in [0.2, 0.25) is 0 Å². The minimum absolute atomic E-state index is 0. The van der Waals surface area contributed by atoms with Crippen LogP contribution < -0.4 is 24.8 Å². The normalized spacial score (nSPS) is 28.4. The van der Waals surface area contributed by atoms with Crippen molar-refractivity contribution in [1.29, 1.82) is 0 Å². The van der Waals surface area contributed by atoms with Gasteiger partial charge in [0, 0.05) is 0 Å². The average Bonchev–Trinajstić information content (AvgIpc) is 3.87. The molecule has 0 amide bonds. The Balaban J connectivity index is 0.000000153.